The highest BCUT2D eigenvalue weighted by atomic mass is 32.2. The van der Waals surface area contributed by atoms with Crippen molar-refractivity contribution in [2.75, 3.05) is 12.0 Å². The highest BCUT2D eigenvalue weighted by molar-refractivity contribution is 7.90. The molecular formula is C16H18F2N2O2S. The lowest BCUT2D eigenvalue weighted by molar-refractivity contribution is 0.494. The Hall–Kier alpha value is -1.86. The number of aromatic nitrogens is 1. The third kappa shape index (κ3) is 5.07. The van der Waals surface area contributed by atoms with E-state index in [1.165, 1.54) is 6.07 Å². The molecule has 0 aliphatic rings. The number of nitrogens with one attached hydrogen (secondary N) is 1. The summed E-state index contributed by atoms with van der Waals surface area (Å²) in [5.41, 5.74) is 1.23. The first-order valence-electron chi connectivity index (χ1n) is 7.05. The number of sulfone groups is 1. The summed E-state index contributed by atoms with van der Waals surface area (Å²) in [5.74, 6) is -1.94. The fourth-order valence-electron chi connectivity index (χ4n) is 2.41. The number of hydrogen-bond donors (Lipinski definition) is 1. The van der Waals surface area contributed by atoms with E-state index in [2.05, 4.69) is 10.3 Å². The maximum Gasteiger partial charge on any atom is 0.159 e. The maximum absolute atomic E-state index is 13.5. The van der Waals surface area contributed by atoms with Gasteiger partial charge in [0.1, 0.15) is 9.84 Å². The van der Waals surface area contributed by atoms with Crippen LogP contribution in [0.5, 0.6) is 0 Å². The van der Waals surface area contributed by atoms with Crippen LogP contribution in [0.3, 0.4) is 0 Å². The number of pyridine rings is 1. The van der Waals surface area contributed by atoms with E-state index in [0.29, 0.717) is 5.56 Å². The van der Waals surface area contributed by atoms with Crippen molar-refractivity contribution < 1.29 is 17.2 Å². The van der Waals surface area contributed by atoms with Crippen molar-refractivity contribution in [3.8, 4) is 0 Å². The molecule has 0 amide bonds. The molecule has 1 aromatic heterocycles. The van der Waals surface area contributed by atoms with Crippen molar-refractivity contribution in [1.29, 1.82) is 0 Å². The minimum Gasteiger partial charge on any atom is -0.303 e. The standard InChI is InChI=1S/C16H18F2N2O2S/c1-11(10-23(2,21)22)20-16(13-4-3-7-19-9-13)12-5-6-14(17)15(18)8-12/h3-9,11,16,20H,10H2,1-2H3. The van der Waals surface area contributed by atoms with Crippen molar-refractivity contribution >= 4 is 9.84 Å². The molecule has 0 radical (unpaired) electrons. The fourth-order valence-corrected chi connectivity index (χ4v) is 3.41. The normalized spacial score (nSPS) is 14.4. The van der Waals surface area contributed by atoms with Crippen LogP contribution in [-0.2, 0) is 9.84 Å². The Morgan fingerprint density at radius 2 is 1.91 bits per heavy atom. The topological polar surface area (TPSA) is 59.1 Å². The van der Waals surface area contributed by atoms with Gasteiger partial charge in [0.15, 0.2) is 11.6 Å². The van der Waals surface area contributed by atoms with Crippen molar-refractivity contribution in [2.24, 2.45) is 0 Å². The van der Waals surface area contributed by atoms with Gasteiger partial charge in [-0.05, 0) is 36.2 Å². The van der Waals surface area contributed by atoms with Crippen LogP contribution < -0.4 is 5.32 Å². The van der Waals surface area contributed by atoms with Gasteiger partial charge in [0.25, 0.3) is 0 Å². The Kier molecular flexibility index (Phi) is 5.43. The molecule has 1 aromatic carbocycles. The van der Waals surface area contributed by atoms with E-state index in [1.807, 2.05) is 0 Å². The Labute approximate surface area is 134 Å². The van der Waals surface area contributed by atoms with E-state index in [4.69, 9.17) is 0 Å². The second kappa shape index (κ2) is 7.14. The van der Waals surface area contributed by atoms with E-state index >= 15 is 0 Å². The van der Waals surface area contributed by atoms with Crippen molar-refractivity contribution in [2.45, 2.75) is 19.0 Å². The number of halogens is 2. The van der Waals surface area contributed by atoms with Crippen LogP contribution in [0.25, 0.3) is 0 Å². The molecule has 0 fully saturated rings. The second-order valence-electron chi connectivity index (χ2n) is 5.55. The van der Waals surface area contributed by atoms with Crippen LogP contribution in [0.2, 0.25) is 0 Å². The molecule has 2 rings (SSSR count). The molecule has 2 unspecified atom stereocenters. The fraction of sp³-hybridized carbons (Fsp3) is 0.312. The Balaban J connectivity index is 2.34. The molecule has 0 spiro atoms. The molecule has 4 nitrogen and oxygen atoms in total. The van der Waals surface area contributed by atoms with Crippen LogP contribution in [-0.4, -0.2) is 31.5 Å². The largest absolute Gasteiger partial charge is 0.303 e. The van der Waals surface area contributed by atoms with Crippen LogP contribution in [0.15, 0.2) is 42.7 Å². The third-order valence-corrected chi connectivity index (χ3v) is 4.40. The Bertz CT molecular complexity index is 767. The number of rotatable bonds is 6. The summed E-state index contributed by atoms with van der Waals surface area (Å²) in [6, 6.07) is 6.28. The van der Waals surface area contributed by atoms with Crippen LogP contribution in [0, 0.1) is 11.6 Å². The summed E-state index contributed by atoms with van der Waals surface area (Å²) in [6.07, 6.45) is 4.36. The van der Waals surface area contributed by atoms with Gasteiger partial charge in [-0.3, -0.25) is 4.98 Å². The summed E-state index contributed by atoms with van der Waals surface area (Å²) < 4.78 is 49.6. The molecule has 124 valence electrons. The number of hydrogen-bond acceptors (Lipinski definition) is 4. The molecule has 2 atom stereocenters. The summed E-state index contributed by atoms with van der Waals surface area (Å²) in [6.45, 7) is 1.73. The predicted octanol–water partition coefficient (Wildman–Crippen LogP) is 2.47. The first kappa shape index (κ1) is 17.5. The first-order valence-corrected chi connectivity index (χ1v) is 9.11. The minimum absolute atomic E-state index is 0.0621. The van der Waals surface area contributed by atoms with Gasteiger partial charge in [0.05, 0.1) is 11.8 Å². The quantitative estimate of drug-likeness (QED) is 0.878. The molecule has 0 saturated carbocycles. The lowest BCUT2D eigenvalue weighted by Crippen LogP contribution is -2.36. The lowest BCUT2D eigenvalue weighted by Gasteiger charge is -2.24. The minimum atomic E-state index is -3.16. The number of benzene rings is 1. The molecule has 0 aliphatic carbocycles. The predicted molar refractivity (Wildman–Crippen MR) is 84.7 cm³/mol. The number of nitrogens with zero attached hydrogens (tertiary/aromatic N) is 1. The Morgan fingerprint density at radius 1 is 1.17 bits per heavy atom. The summed E-state index contributed by atoms with van der Waals surface area (Å²) in [5, 5.41) is 3.14. The van der Waals surface area contributed by atoms with E-state index in [9.17, 15) is 17.2 Å². The zero-order valence-corrected chi connectivity index (χ0v) is 13.6. The molecule has 2 aromatic rings. The highest BCUT2D eigenvalue weighted by Crippen LogP contribution is 2.23. The molecule has 1 N–H and O–H groups in total. The first-order chi connectivity index (χ1) is 10.8. The average Bonchev–Trinajstić information content (AvgIpc) is 2.47. The molecule has 0 saturated heterocycles. The van der Waals surface area contributed by atoms with Gasteiger partial charge in [0, 0.05) is 24.7 Å². The Morgan fingerprint density at radius 3 is 2.48 bits per heavy atom. The molecule has 23 heavy (non-hydrogen) atoms. The maximum atomic E-state index is 13.5. The summed E-state index contributed by atoms with van der Waals surface area (Å²) in [7, 11) is -3.16. The van der Waals surface area contributed by atoms with Crippen molar-refractivity contribution in [3.05, 3.63) is 65.5 Å². The van der Waals surface area contributed by atoms with Crippen molar-refractivity contribution in [1.82, 2.24) is 10.3 Å². The van der Waals surface area contributed by atoms with E-state index in [-0.39, 0.29) is 11.8 Å². The van der Waals surface area contributed by atoms with Crippen LogP contribution in [0.4, 0.5) is 8.78 Å². The molecular weight excluding hydrogens is 322 g/mol. The summed E-state index contributed by atoms with van der Waals surface area (Å²) >= 11 is 0. The zero-order chi connectivity index (χ0) is 17.0. The van der Waals surface area contributed by atoms with Gasteiger partial charge in [-0.25, -0.2) is 17.2 Å². The molecule has 0 aliphatic heterocycles. The van der Waals surface area contributed by atoms with Gasteiger partial charge in [-0.2, -0.15) is 0 Å². The SMILES string of the molecule is CC(CS(C)(=O)=O)NC(c1cccnc1)c1ccc(F)c(F)c1. The van der Waals surface area contributed by atoms with Gasteiger partial charge < -0.3 is 5.32 Å². The van der Waals surface area contributed by atoms with E-state index < -0.39 is 27.5 Å². The lowest BCUT2D eigenvalue weighted by atomic mass is 9.99. The van der Waals surface area contributed by atoms with Gasteiger partial charge in [-0.15, -0.1) is 0 Å². The molecule has 7 heteroatoms. The van der Waals surface area contributed by atoms with Crippen molar-refractivity contribution in [3.63, 3.8) is 0 Å². The molecule has 0 bridgehead atoms. The monoisotopic (exact) mass is 340 g/mol. The van der Waals surface area contributed by atoms with Crippen LogP contribution >= 0.6 is 0 Å². The van der Waals surface area contributed by atoms with Gasteiger partial charge in [0.2, 0.25) is 0 Å². The average molecular weight is 340 g/mol. The zero-order valence-electron chi connectivity index (χ0n) is 12.8. The van der Waals surface area contributed by atoms with E-state index in [1.54, 1.807) is 31.5 Å². The van der Waals surface area contributed by atoms with E-state index in [0.717, 1.165) is 24.0 Å². The van der Waals surface area contributed by atoms with Gasteiger partial charge in [-0.1, -0.05) is 12.1 Å². The smallest absolute Gasteiger partial charge is 0.159 e. The van der Waals surface area contributed by atoms with Crippen LogP contribution in [0.1, 0.15) is 24.1 Å². The van der Waals surface area contributed by atoms with Gasteiger partial charge >= 0.3 is 0 Å². The highest BCUT2D eigenvalue weighted by Gasteiger charge is 2.20. The summed E-state index contributed by atoms with van der Waals surface area (Å²) in [4.78, 5) is 4.03. The molecule has 1 heterocycles. The second-order valence-corrected chi connectivity index (χ2v) is 7.74. The third-order valence-electron chi connectivity index (χ3n) is 3.30.